The van der Waals surface area contributed by atoms with Gasteiger partial charge in [-0.3, -0.25) is 24.1 Å². The van der Waals surface area contributed by atoms with E-state index < -0.39 is 24.3 Å². The lowest BCUT2D eigenvalue weighted by molar-refractivity contribution is -0.149. The molecule has 148 valence electrons. The third kappa shape index (κ3) is 3.39. The first kappa shape index (κ1) is 18.6. The summed E-state index contributed by atoms with van der Waals surface area (Å²) in [4.78, 5) is 50.0. The van der Waals surface area contributed by atoms with Gasteiger partial charge in [-0.25, -0.2) is 4.39 Å². The van der Waals surface area contributed by atoms with Crippen LogP contribution in [0.4, 0.5) is 10.1 Å². The number of likely N-dealkylation sites (tertiary alicyclic amines) is 1. The fraction of sp³-hybridized carbons (Fsp3) is 0.500. The van der Waals surface area contributed by atoms with Gasteiger partial charge in [-0.2, -0.15) is 0 Å². The number of hydrogen-bond acceptors (Lipinski definition) is 5. The van der Waals surface area contributed by atoms with Crippen LogP contribution < -0.4 is 5.32 Å². The van der Waals surface area contributed by atoms with Crippen molar-refractivity contribution >= 4 is 29.4 Å². The number of nitrogens with one attached hydrogen (secondary N) is 1. The Labute approximate surface area is 161 Å². The third-order valence-corrected chi connectivity index (χ3v) is 6.05. The Morgan fingerprint density at radius 3 is 2.29 bits per heavy atom. The number of ether oxygens (including phenoxy) is 1. The highest BCUT2D eigenvalue weighted by molar-refractivity contribution is 6.06. The van der Waals surface area contributed by atoms with Gasteiger partial charge in [0.2, 0.25) is 11.8 Å². The van der Waals surface area contributed by atoms with Crippen LogP contribution in [0.2, 0.25) is 0 Å². The van der Waals surface area contributed by atoms with Gasteiger partial charge < -0.3 is 10.1 Å². The number of nitrogens with zero attached hydrogens (tertiary/aromatic N) is 1. The molecule has 0 radical (unpaired) electrons. The first-order chi connectivity index (χ1) is 13.4. The van der Waals surface area contributed by atoms with Crippen LogP contribution in [0.5, 0.6) is 0 Å². The van der Waals surface area contributed by atoms with E-state index in [1.165, 1.54) is 29.2 Å². The Morgan fingerprint density at radius 1 is 1.07 bits per heavy atom. The van der Waals surface area contributed by atoms with E-state index in [1.807, 2.05) is 0 Å². The van der Waals surface area contributed by atoms with Crippen LogP contribution >= 0.6 is 0 Å². The van der Waals surface area contributed by atoms with Gasteiger partial charge in [0, 0.05) is 12.2 Å². The van der Waals surface area contributed by atoms with E-state index in [2.05, 4.69) is 5.32 Å². The zero-order chi connectivity index (χ0) is 19.8. The van der Waals surface area contributed by atoms with Crippen molar-refractivity contribution in [1.29, 1.82) is 0 Å². The number of fused-ring (bicyclic) bond motifs is 5. The van der Waals surface area contributed by atoms with Gasteiger partial charge in [0.15, 0.2) is 6.61 Å². The molecule has 1 heterocycles. The van der Waals surface area contributed by atoms with E-state index in [-0.39, 0.29) is 36.6 Å². The number of halogens is 1. The van der Waals surface area contributed by atoms with E-state index in [1.54, 1.807) is 0 Å². The normalized spacial score (nSPS) is 27.8. The number of benzene rings is 1. The van der Waals surface area contributed by atoms with Crippen molar-refractivity contribution in [3.05, 3.63) is 30.1 Å². The molecule has 2 bridgehead atoms. The number of imide groups is 1. The number of rotatable bonds is 6. The zero-order valence-corrected chi connectivity index (χ0v) is 15.2. The minimum Gasteiger partial charge on any atom is -0.456 e. The van der Waals surface area contributed by atoms with Gasteiger partial charge in [0.25, 0.3) is 5.91 Å². The van der Waals surface area contributed by atoms with Crippen molar-refractivity contribution in [2.75, 3.05) is 18.5 Å². The van der Waals surface area contributed by atoms with E-state index in [0.29, 0.717) is 17.5 Å². The third-order valence-electron chi connectivity index (χ3n) is 6.05. The molecule has 4 atom stereocenters. The van der Waals surface area contributed by atoms with E-state index in [4.69, 9.17) is 4.74 Å². The van der Waals surface area contributed by atoms with Crippen molar-refractivity contribution < 1.29 is 28.3 Å². The molecule has 2 aliphatic carbocycles. The maximum atomic E-state index is 12.8. The summed E-state index contributed by atoms with van der Waals surface area (Å²) in [7, 11) is 0. The molecule has 2 saturated carbocycles. The summed E-state index contributed by atoms with van der Waals surface area (Å²) < 4.78 is 17.7. The van der Waals surface area contributed by atoms with Gasteiger partial charge >= 0.3 is 5.97 Å². The summed E-state index contributed by atoms with van der Waals surface area (Å²) in [6.45, 7) is -0.504. The average molecular weight is 388 g/mol. The Hall–Kier alpha value is -2.77. The van der Waals surface area contributed by atoms with Gasteiger partial charge in [-0.1, -0.05) is 0 Å². The molecule has 1 aromatic carbocycles. The highest BCUT2D eigenvalue weighted by Gasteiger charge is 2.60. The second-order valence-corrected chi connectivity index (χ2v) is 7.68. The van der Waals surface area contributed by atoms with Crippen LogP contribution in [0, 0.1) is 29.5 Å². The molecule has 0 spiro atoms. The maximum absolute atomic E-state index is 12.8. The molecule has 1 saturated heterocycles. The highest BCUT2D eigenvalue weighted by Crippen LogP contribution is 2.56. The number of anilines is 1. The number of carbonyl (C=O) groups is 4. The second kappa shape index (κ2) is 7.33. The monoisotopic (exact) mass is 388 g/mol. The summed E-state index contributed by atoms with van der Waals surface area (Å²) >= 11 is 0. The van der Waals surface area contributed by atoms with Gasteiger partial charge in [0.05, 0.1) is 18.3 Å². The summed E-state index contributed by atoms with van der Waals surface area (Å²) in [5.74, 6) is -1.76. The Morgan fingerprint density at radius 2 is 1.68 bits per heavy atom. The van der Waals surface area contributed by atoms with Crippen LogP contribution in [-0.2, 0) is 23.9 Å². The van der Waals surface area contributed by atoms with E-state index in [0.717, 1.165) is 19.3 Å². The summed E-state index contributed by atoms with van der Waals surface area (Å²) in [5.41, 5.74) is 0.386. The molecule has 4 rings (SSSR count). The first-order valence-electron chi connectivity index (χ1n) is 9.50. The quantitative estimate of drug-likeness (QED) is 0.592. The summed E-state index contributed by atoms with van der Waals surface area (Å²) in [6, 6.07) is 5.19. The fourth-order valence-electron chi connectivity index (χ4n) is 4.84. The molecule has 1 aromatic rings. The van der Waals surface area contributed by atoms with Crippen molar-refractivity contribution in [3.63, 3.8) is 0 Å². The van der Waals surface area contributed by atoms with Gasteiger partial charge in [-0.15, -0.1) is 0 Å². The van der Waals surface area contributed by atoms with Gasteiger partial charge in [-0.05, 0) is 55.4 Å². The lowest BCUT2D eigenvalue weighted by Crippen LogP contribution is -2.35. The van der Waals surface area contributed by atoms with Crippen LogP contribution in [-0.4, -0.2) is 41.7 Å². The predicted molar refractivity (Wildman–Crippen MR) is 95.1 cm³/mol. The smallest absolute Gasteiger partial charge is 0.308 e. The predicted octanol–water partition coefficient (Wildman–Crippen LogP) is 1.73. The minimum atomic E-state index is -0.658. The summed E-state index contributed by atoms with van der Waals surface area (Å²) in [5, 5.41) is 2.48. The van der Waals surface area contributed by atoms with E-state index >= 15 is 0 Å². The van der Waals surface area contributed by atoms with Crippen molar-refractivity contribution in [3.8, 4) is 0 Å². The largest absolute Gasteiger partial charge is 0.456 e. The Kier molecular flexibility index (Phi) is 4.87. The van der Waals surface area contributed by atoms with Crippen molar-refractivity contribution in [2.45, 2.75) is 25.7 Å². The Balaban J connectivity index is 1.22. The molecular formula is C20H21FN2O5. The molecule has 7 nitrogen and oxygen atoms in total. The Bertz CT molecular complexity index is 796. The summed E-state index contributed by atoms with van der Waals surface area (Å²) in [6.07, 6.45) is 2.83. The molecule has 8 heteroatoms. The zero-order valence-electron chi connectivity index (χ0n) is 15.2. The molecule has 3 amide bonds. The molecule has 3 aliphatic rings. The number of carbonyl (C=O) groups excluding carboxylic acids is 4. The standard InChI is InChI=1S/C20H21FN2O5/c21-13-3-5-14(6-4-13)22-15(24)10-28-16(25)7-8-23-19(26)17-11-1-2-12(9-11)18(17)20(23)27/h3-6,11-12,17-18H,1-2,7-10H2,(H,22,24)/t11-,12-,17-,18-/m0/s1. The lowest BCUT2D eigenvalue weighted by Gasteiger charge is -2.19. The average Bonchev–Trinajstić information content (AvgIpc) is 3.35. The SMILES string of the molecule is O=C(COC(=O)CCN1C(=O)[C@H]2[C@H]3CC[C@@H](C3)[C@@H]2C1=O)Nc1ccc(F)cc1. The molecular weight excluding hydrogens is 367 g/mol. The van der Waals surface area contributed by atoms with E-state index in [9.17, 15) is 23.6 Å². The fourth-order valence-corrected chi connectivity index (χ4v) is 4.84. The van der Waals surface area contributed by atoms with Crippen LogP contribution in [0.25, 0.3) is 0 Å². The molecule has 1 N–H and O–H groups in total. The topological polar surface area (TPSA) is 92.8 Å². The highest BCUT2D eigenvalue weighted by atomic mass is 19.1. The second-order valence-electron chi connectivity index (χ2n) is 7.68. The minimum absolute atomic E-state index is 0.0114. The molecule has 0 aromatic heterocycles. The number of esters is 1. The molecule has 28 heavy (non-hydrogen) atoms. The number of amides is 3. The molecule has 3 fully saturated rings. The molecule has 0 unspecified atom stereocenters. The lowest BCUT2D eigenvalue weighted by atomic mass is 9.81. The van der Waals surface area contributed by atoms with Crippen molar-refractivity contribution in [1.82, 2.24) is 4.90 Å². The van der Waals surface area contributed by atoms with Crippen LogP contribution in [0.1, 0.15) is 25.7 Å². The van der Waals surface area contributed by atoms with Crippen molar-refractivity contribution in [2.24, 2.45) is 23.7 Å². The number of hydrogen-bond donors (Lipinski definition) is 1. The molecule has 1 aliphatic heterocycles. The van der Waals surface area contributed by atoms with Crippen LogP contribution in [0.3, 0.4) is 0 Å². The van der Waals surface area contributed by atoms with Gasteiger partial charge in [0.1, 0.15) is 5.82 Å². The van der Waals surface area contributed by atoms with Crippen LogP contribution in [0.15, 0.2) is 24.3 Å². The first-order valence-corrected chi connectivity index (χ1v) is 9.50. The maximum Gasteiger partial charge on any atom is 0.308 e.